The van der Waals surface area contributed by atoms with Gasteiger partial charge in [-0.05, 0) is 0 Å². The number of benzene rings is 1. The van der Waals surface area contributed by atoms with E-state index in [9.17, 15) is 14.9 Å². The third-order valence-corrected chi connectivity index (χ3v) is 3.54. The minimum atomic E-state index is -0.698. The van der Waals surface area contributed by atoms with Gasteiger partial charge in [0.2, 0.25) is 5.82 Å². The second-order valence-electron chi connectivity index (χ2n) is 5.24. The lowest BCUT2D eigenvalue weighted by atomic mass is 10.1. The Morgan fingerprint density at radius 3 is 2.77 bits per heavy atom. The molecule has 0 aliphatic heterocycles. The molecule has 9 nitrogen and oxygen atoms in total. The predicted octanol–water partition coefficient (Wildman–Crippen LogP) is 3.04. The van der Waals surface area contributed by atoms with Crippen molar-refractivity contribution in [1.29, 1.82) is 0 Å². The monoisotopic (exact) mass is 354 g/mol. The number of nitrogens with zero attached hydrogens (tertiary/aromatic N) is 3. The molecule has 132 valence electrons. The fourth-order valence-corrected chi connectivity index (χ4v) is 2.27. The Balaban J connectivity index is 1.76. The summed E-state index contributed by atoms with van der Waals surface area (Å²) in [5.74, 6) is -0.0889. The minimum Gasteiger partial charge on any atom is -0.465 e. The zero-order valence-electron chi connectivity index (χ0n) is 13.7. The van der Waals surface area contributed by atoms with Crippen LogP contribution in [0.25, 0.3) is 11.3 Å². The highest BCUT2D eigenvalue weighted by Gasteiger charge is 2.20. The quantitative estimate of drug-likeness (QED) is 0.407. The Bertz CT molecular complexity index is 939. The predicted molar refractivity (Wildman–Crippen MR) is 91.5 cm³/mol. The Kier molecular flexibility index (Phi) is 4.88. The van der Waals surface area contributed by atoms with Crippen LogP contribution >= 0.6 is 0 Å². The lowest BCUT2D eigenvalue weighted by molar-refractivity contribution is -0.384. The third kappa shape index (κ3) is 3.66. The second kappa shape index (κ2) is 7.43. The van der Waals surface area contributed by atoms with Crippen molar-refractivity contribution in [2.75, 3.05) is 12.4 Å². The van der Waals surface area contributed by atoms with Gasteiger partial charge in [-0.15, -0.1) is 0 Å². The van der Waals surface area contributed by atoms with Crippen molar-refractivity contribution in [3.63, 3.8) is 0 Å². The summed E-state index contributed by atoms with van der Waals surface area (Å²) in [5, 5.41) is 18.0. The van der Waals surface area contributed by atoms with E-state index in [1.54, 1.807) is 6.07 Å². The molecule has 1 N–H and O–H groups in total. The molecule has 2 heterocycles. The average molecular weight is 354 g/mol. The highest BCUT2D eigenvalue weighted by Crippen LogP contribution is 2.25. The van der Waals surface area contributed by atoms with Crippen molar-refractivity contribution in [1.82, 2.24) is 10.1 Å². The number of carbonyl (C=O) groups excluding carboxylic acids is 1. The van der Waals surface area contributed by atoms with Gasteiger partial charge in [0.1, 0.15) is 5.69 Å². The normalized spacial score (nSPS) is 10.3. The van der Waals surface area contributed by atoms with Crippen LogP contribution in [0.5, 0.6) is 0 Å². The van der Waals surface area contributed by atoms with Crippen molar-refractivity contribution >= 4 is 17.5 Å². The minimum absolute atomic E-state index is 0.00227. The van der Waals surface area contributed by atoms with E-state index in [1.165, 1.54) is 13.3 Å². The number of methoxy groups -OCH3 is 1. The zero-order chi connectivity index (χ0) is 18.5. The van der Waals surface area contributed by atoms with Crippen LogP contribution in [0.3, 0.4) is 0 Å². The molecule has 0 saturated heterocycles. The van der Waals surface area contributed by atoms with E-state index in [1.807, 2.05) is 30.3 Å². The van der Waals surface area contributed by atoms with Crippen molar-refractivity contribution in [3.8, 4) is 11.3 Å². The Hall–Kier alpha value is -3.75. The van der Waals surface area contributed by atoms with Crippen LogP contribution in [-0.4, -0.2) is 28.1 Å². The summed E-state index contributed by atoms with van der Waals surface area (Å²) < 4.78 is 9.82. The first-order valence-corrected chi connectivity index (χ1v) is 7.56. The lowest BCUT2D eigenvalue weighted by Crippen LogP contribution is -2.08. The zero-order valence-corrected chi connectivity index (χ0v) is 13.7. The number of hydrogen-bond donors (Lipinski definition) is 1. The van der Waals surface area contributed by atoms with E-state index in [0.29, 0.717) is 11.5 Å². The fraction of sp³-hybridized carbons (Fsp3) is 0.118. The van der Waals surface area contributed by atoms with E-state index >= 15 is 0 Å². The number of aromatic nitrogens is 2. The van der Waals surface area contributed by atoms with E-state index in [-0.39, 0.29) is 23.6 Å². The summed E-state index contributed by atoms with van der Waals surface area (Å²) in [6, 6.07) is 12.3. The molecular formula is C17H14N4O5. The molecule has 0 saturated carbocycles. The molecule has 26 heavy (non-hydrogen) atoms. The van der Waals surface area contributed by atoms with Gasteiger partial charge in [-0.25, -0.2) is 9.78 Å². The maximum atomic E-state index is 11.5. The molecule has 0 fully saturated rings. The van der Waals surface area contributed by atoms with Crippen LogP contribution in [0.1, 0.15) is 16.1 Å². The number of anilines is 1. The van der Waals surface area contributed by atoms with Crippen LogP contribution in [0.4, 0.5) is 11.5 Å². The molecule has 0 bridgehead atoms. The molecule has 0 spiro atoms. The first kappa shape index (κ1) is 17.1. The maximum Gasteiger partial charge on any atom is 0.339 e. The summed E-state index contributed by atoms with van der Waals surface area (Å²) >= 11 is 0. The fourth-order valence-electron chi connectivity index (χ4n) is 2.27. The number of pyridine rings is 1. The van der Waals surface area contributed by atoms with Gasteiger partial charge in [-0.2, -0.15) is 0 Å². The largest absolute Gasteiger partial charge is 0.465 e. The number of rotatable bonds is 6. The first-order valence-electron chi connectivity index (χ1n) is 7.56. The summed E-state index contributed by atoms with van der Waals surface area (Å²) in [5.41, 5.74) is 1.09. The molecule has 0 aliphatic carbocycles. The van der Waals surface area contributed by atoms with Crippen LogP contribution in [-0.2, 0) is 11.3 Å². The molecule has 0 radical (unpaired) electrons. The van der Waals surface area contributed by atoms with Crippen LogP contribution < -0.4 is 5.32 Å². The van der Waals surface area contributed by atoms with E-state index in [2.05, 4.69) is 20.2 Å². The van der Waals surface area contributed by atoms with E-state index < -0.39 is 10.9 Å². The maximum absolute atomic E-state index is 11.5. The number of esters is 1. The molecule has 0 unspecified atom stereocenters. The van der Waals surface area contributed by atoms with Crippen molar-refractivity contribution in [3.05, 3.63) is 70.0 Å². The molecule has 2 aromatic heterocycles. The molecule has 3 aromatic rings. The number of hydrogen-bond acceptors (Lipinski definition) is 8. The number of nitrogens with one attached hydrogen (secondary N) is 1. The SMILES string of the molecule is COC(=O)c1cnc(NCc2cc(-c3ccccc3)on2)c([N+](=O)[O-])c1. The van der Waals surface area contributed by atoms with Gasteiger partial charge in [0, 0.05) is 23.9 Å². The van der Waals surface area contributed by atoms with Crippen molar-refractivity contribution in [2.24, 2.45) is 0 Å². The van der Waals surface area contributed by atoms with Gasteiger partial charge in [-0.3, -0.25) is 10.1 Å². The van der Waals surface area contributed by atoms with Crippen LogP contribution in [0.2, 0.25) is 0 Å². The Labute approximate surface area is 147 Å². The molecule has 1 aromatic carbocycles. The number of nitro groups is 1. The van der Waals surface area contributed by atoms with Gasteiger partial charge in [0.25, 0.3) is 0 Å². The first-order chi connectivity index (χ1) is 12.6. The van der Waals surface area contributed by atoms with Crippen molar-refractivity contribution in [2.45, 2.75) is 6.54 Å². The Morgan fingerprint density at radius 1 is 1.31 bits per heavy atom. The summed E-state index contributed by atoms with van der Waals surface area (Å²) in [7, 11) is 1.19. The molecular weight excluding hydrogens is 340 g/mol. The smallest absolute Gasteiger partial charge is 0.339 e. The van der Waals surface area contributed by atoms with Crippen LogP contribution in [0.15, 0.2) is 53.2 Å². The lowest BCUT2D eigenvalue weighted by Gasteiger charge is -2.05. The number of ether oxygens (including phenoxy) is 1. The summed E-state index contributed by atoms with van der Waals surface area (Å²) in [4.78, 5) is 26.0. The van der Waals surface area contributed by atoms with Gasteiger partial charge in [0.15, 0.2) is 5.76 Å². The molecule has 0 aliphatic rings. The Morgan fingerprint density at radius 2 is 2.08 bits per heavy atom. The third-order valence-electron chi connectivity index (χ3n) is 3.54. The highest BCUT2D eigenvalue weighted by atomic mass is 16.6. The topological polar surface area (TPSA) is 120 Å². The highest BCUT2D eigenvalue weighted by molar-refractivity contribution is 5.90. The van der Waals surface area contributed by atoms with Gasteiger partial charge in [0.05, 0.1) is 24.1 Å². The van der Waals surface area contributed by atoms with Gasteiger partial charge >= 0.3 is 11.7 Å². The molecule has 0 amide bonds. The van der Waals surface area contributed by atoms with Gasteiger partial charge in [-0.1, -0.05) is 35.5 Å². The van der Waals surface area contributed by atoms with E-state index in [4.69, 9.17) is 4.52 Å². The molecule has 3 rings (SSSR count). The van der Waals surface area contributed by atoms with Gasteiger partial charge < -0.3 is 14.6 Å². The van der Waals surface area contributed by atoms with E-state index in [0.717, 1.165) is 11.6 Å². The molecule has 9 heteroatoms. The standard InChI is InChI=1S/C17H14N4O5/c1-25-17(22)12-7-14(21(23)24)16(18-9-12)19-10-13-8-15(26-20-13)11-5-3-2-4-6-11/h2-9H,10H2,1H3,(H,18,19). The molecule has 0 atom stereocenters. The summed E-state index contributed by atoms with van der Waals surface area (Å²) in [6.45, 7) is 0.168. The average Bonchev–Trinajstić information content (AvgIpc) is 3.15. The second-order valence-corrected chi connectivity index (χ2v) is 5.24. The number of carbonyl (C=O) groups is 1. The van der Waals surface area contributed by atoms with Crippen LogP contribution in [0, 0.1) is 10.1 Å². The van der Waals surface area contributed by atoms with Crippen molar-refractivity contribution < 1.29 is 19.0 Å². The summed E-state index contributed by atoms with van der Waals surface area (Å²) in [6.07, 6.45) is 1.21.